The van der Waals surface area contributed by atoms with Crippen LogP contribution in [0.1, 0.15) is 29.7 Å². The lowest BCUT2D eigenvalue weighted by atomic mass is 9.96. The highest BCUT2D eigenvalue weighted by molar-refractivity contribution is 7.15. The van der Waals surface area contributed by atoms with Gasteiger partial charge in [0, 0.05) is 17.5 Å². The maximum Gasteiger partial charge on any atom is 0.321 e. The number of carbonyl (C=O) groups is 1. The molecule has 132 valence electrons. The van der Waals surface area contributed by atoms with Gasteiger partial charge in [-0.15, -0.1) is 11.3 Å². The Morgan fingerprint density at radius 2 is 2.20 bits per heavy atom. The van der Waals surface area contributed by atoms with Gasteiger partial charge in [-0.25, -0.2) is 18.6 Å². The third kappa shape index (κ3) is 3.64. The zero-order valence-corrected chi connectivity index (χ0v) is 14.1. The molecule has 2 saturated heterocycles. The van der Waals surface area contributed by atoms with Crippen LogP contribution in [-0.2, 0) is 11.2 Å². The maximum absolute atomic E-state index is 13.3. The highest BCUT2D eigenvalue weighted by atomic mass is 32.1. The molecule has 2 fully saturated rings. The Balaban J connectivity index is 1.33. The van der Waals surface area contributed by atoms with Crippen LogP contribution in [0.5, 0.6) is 0 Å². The van der Waals surface area contributed by atoms with Crippen LogP contribution in [0.3, 0.4) is 0 Å². The topological polar surface area (TPSA) is 63.2 Å². The molecular formula is C17H17F2N3O2S. The molecule has 3 heterocycles. The molecule has 1 aromatic heterocycles. The largest absolute Gasteiger partial charge is 0.373 e. The zero-order valence-electron chi connectivity index (χ0n) is 13.3. The SMILES string of the molecule is O=C(Nc1ncc(Cc2ccc(F)c(F)c2)s1)NC1CC2CCC1O2. The van der Waals surface area contributed by atoms with E-state index in [-0.39, 0.29) is 24.3 Å². The fourth-order valence-corrected chi connectivity index (χ4v) is 4.23. The Morgan fingerprint density at radius 3 is 2.92 bits per heavy atom. The van der Waals surface area contributed by atoms with Crippen LogP contribution in [0.2, 0.25) is 0 Å². The molecule has 2 aliphatic heterocycles. The smallest absolute Gasteiger partial charge is 0.321 e. The van der Waals surface area contributed by atoms with E-state index in [4.69, 9.17) is 4.74 Å². The van der Waals surface area contributed by atoms with Gasteiger partial charge in [-0.3, -0.25) is 5.32 Å². The van der Waals surface area contributed by atoms with Crippen molar-refractivity contribution < 1.29 is 18.3 Å². The van der Waals surface area contributed by atoms with E-state index in [1.165, 1.54) is 23.5 Å². The molecule has 3 atom stereocenters. The number of carbonyl (C=O) groups excluding carboxylic acids is 1. The summed E-state index contributed by atoms with van der Waals surface area (Å²) in [6, 6.07) is 3.57. The lowest BCUT2D eigenvalue weighted by Crippen LogP contribution is -2.43. The molecule has 0 spiro atoms. The number of thiazole rings is 1. The van der Waals surface area contributed by atoms with Crippen molar-refractivity contribution in [1.29, 1.82) is 0 Å². The Hall–Kier alpha value is -2.06. The fourth-order valence-electron chi connectivity index (χ4n) is 3.39. The first-order chi connectivity index (χ1) is 12.1. The maximum atomic E-state index is 13.3. The summed E-state index contributed by atoms with van der Waals surface area (Å²) in [4.78, 5) is 17.1. The minimum atomic E-state index is -0.868. The normalized spacial score (nSPS) is 24.5. The van der Waals surface area contributed by atoms with Gasteiger partial charge in [0.15, 0.2) is 16.8 Å². The van der Waals surface area contributed by atoms with E-state index >= 15 is 0 Å². The molecule has 0 saturated carbocycles. The lowest BCUT2D eigenvalue weighted by molar-refractivity contribution is 0.0984. The molecule has 1 aromatic carbocycles. The first-order valence-electron chi connectivity index (χ1n) is 8.18. The minimum Gasteiger partial charge on any atom is -0.373 e. The number of amides is 2. The van der Waals surface area contributed by atoms with E-state index in [0.717, 1.165) is 30.2 Å². The monoisotopic (exact) mass is 365 g/mol. The quantitative estimate of drug-likeness (QED) is 0.872. The fraction of sp³-hybridized carbons (Fsp3) is 0.412. The van der Waals surface area contributed by atoms with Crippen molar-refractivity contribution in [2.24, 2.45) is 0 Å². The molecule has 25 heavy (non-hydrogen) atoms. The predicted octanol–water partition coefficient (Wildman–Crippen LogP) is 3.45. The minimum absolute atomic E-state index is 0.0559. The number of halogens is 2. The van der Waals surface area contributed by atoms with E-state index in [0.29, 0.717) is 17.1 Å². The van der Waals surface area contributed by atoms with Crippen molar-refractivity contribution in [2.45, 2.75) is 43.9 Å². The Labute approximate surface area is 147 Å². The number of aromatic nitrogens is 1. The number of hydrogen-bond donors (Lipinski definition) is 2. The van der Waals surface area contributed by atoms with Gasteiger partial charge in [0.25, 0.3) is 0 Å². The summed E-state index contributed by atoms with van der Waals surface area (Å²) >= 11 is 1.31. The van der Waals surface area contributed by atoms with Gasteiger partial charge in [-0.05, 0) is 37.0 Å². The van der Waals surface area contributed by atoms with Gasteiger partial charge in [0.2, 0.25) is 0 Å². The van der Waals surface area contributed by atoms with Crippen LogP contribution < -0.4 is 10.6 Å². The summed E-state index contributed by atoms with van der Waals surface area (Å²) in [6.45, 7) is 0. The third-order valence-corrected chi connectivity index (χ3v) is 5.47. The van der Waals surface area contributed by atoms with Crippen LogP contribution in [-0.4, -0.2) is 29.3 Å². The second kappa shape index (κ2) is 6.68. The molecule has 8 heteroatoms. The van der Waals surface area contributed by atoms with E-state index < -0.39 is 11.6 Å². The zero-order chi connectivity index (χ0) is 17.4. The van der Waals surface area contributed by atoms with Crippen LogP contribution in [0.25, 0.3) is 0 Å². The molecule has 2 bridgehead atoms. The summed E-state index contributed by atoms with van der Waals surface area (Å²) in [5.41, 5.74) is 0.651. The molecule has 2 N–H and O–H groups in total. The average molecular weight is 365 g/mol. The summed E-state index contributed by atoms with van der Waals surface area (Å²) in [5, 5.41) is 6.13. The van der Waals surface area contributed by atoms with Gasteiger partial charge >= 0.3 is 6.03 Å². The number of anilines is 1. The van der Waals surface area contributed by atoms with Crippen molar-refractivity contribution in [1.82, 2.24) is 10.3 Å². The summed E-state index contributed by atoms with van der Waals surface area (Å²) in [6.07, 6.45) is 5.38. The number of fused-ring (bicyclic) bond motifs is 2. The van der Waals surface area contributed by atoms with Gasteiger partial charge in [-0.2, -0.15) is 0 Å². The predicted molar refractivity (Wildman–Crippen MR) is 89.7 cm³/mol. The summed E-state index contributed by atoms with van der Waals surface area (Å²) in [5.74, 6) is -1.73. The van der Waals surface area contributed by atoms with Crippen LogP contribution >= 0.6 is 11.3 Å². The van der Waals surface area contributed by atoms with Crippen LogP contribution in [0, 0.1) is 11.6 Å². The molecule has 2 aliphatic rings. The lowest BCUT2D eigenvalue weighted by Gasteiger charge is -2.19. The molecule has 4 rings (SSSR count). The van der Waals surface area contributed by atoms with Gasteiger partial charge < -0.3 is 10.1 Å². The van der Waals surface area contributed by atoms with E-state index in [1.54, 1.807) is 6.20 Å². The number of benzene rings is 1. The van der Waals surface area contributed by atoms with Crippen LogP contribution in [0.15, 0.2) is 24.4 Å². The van der Waals surface area contributed by atoms with Crippen molar-refractivity contribution in [2.75, 3.05) is 5.32 Å². The van der Waals surface area contributed by atoms with E-state index in [9.17, 15) is 13.6 Å². The van der Waals surface area contributed by atoms with Crippen LogP contribution in [0.4, 0.5) is 18.7 Å². The first-order valence-corrected chi connectivity index (χ1v) is 9.00. The summed E-state index contributed by atoms with van der Waals surface area (Å²) in [7, 11) is 0. The molecule has 0 radical (unpaired) electrons. The van der Waals surface area contributed by atoms with E-state index in [2.05, 4.69) is 15.6 Å². The number of rotatable bonds is 4. The molecule has 2 aromatic rings. The van der Waals surface area contributed by atoms with Gasteiger partial charge in [-0.1, -0.05) is 6.07 Å². The molecule has 3 unspecified atom stereocenters. The molecule has 0 aliphatic carbocycles. The number of nitrogens with zero attached hydrogens (tertiary/aromatic N) is 1. The summed E-state index contributed by atoms with van der Waals surface area (Å²) < 4.78 is 31.9. The number of nitrogens with one attached hydrogen (secondary N) is 2. The Morgan fingerprint density at radius 1 is 1.32 bits per heavy atom. The average Bonchev–Trinajstić information content (AvgIpc) is 3.28. The van der Waals surface area contributed by atoms with E-state index in [1.807, 2.05) is 0 Å². The van der Waals surface area contributed by atoms with Gasteiger partial charge in [0.05, 0.1) is 18.2 Å². The molecular weight excluding hydrogens is 348 g/mol. The Kier molecular flexibility index (Phi) is 4.39. The third-order valence-electron chi connectivity index (χ3n) is 4.56. The van der Waals surface area contributed by atoms with Gasteiger partial charge in [0.1, 0.15) is 0 Å². The second-order valence-corrected chi connectivity index (χ2v) is 7.49. The van der Waals surface area contributed by atoms with Crippen molar-refractivity contribution in [3.63, 3.8) is 0 Å². The highest BCUT2D eigenvalue weighted by Crippen LogP contribution is 2.34. The van der Waals surface area contributed by atoms with Crippen molar-refractivity contribution in [3.05, 3.63) is 46.5 Å². The first kappa shape index (κ1) is 16.4. The van der Waals surface area contributed by atoms with Crippen molar-refractivity contribution >= 4 is 22.5 Å². The number of ether oxygens (including phenoxy) is 1. The number of hydrogen-bond acceptors (Lipinski definition) is 4. The molecule has 5 nitrogen and oxygen atoms in total. The standard InChI is InChI=1S/C17H17F2N3O2S/c18-12-3-1-9(6-13(12)19)5-11-8-20-17(25-11)22-16(23)21-14-7-10-2-4-15(14)24-10/h1,3,6,8,10,14-15H,2,4-5,7H2,(H2,20,21,22,23). The number of urea groups is 1. The highest BCUT2D eigenvalue weighted by Gasteiger charge is 2.41. The molecule has 2 amide bonds. The Bertz CT molecular complexity index is 798. The second-order valence-electron chi connectivity index (χ2n) is 6.37. The van der Waals surface area contributed by atoms with Crippen molar-refractivity contribution in [3.8, 4) is 0 Å².